The highest BCUT2D eigenvalue weighted by atomic mass is 16.5. The van der Waals surface area contributed by atoms with Crippen molar-refractivity contribution >= 4 is 29.2 Å². The number of rotatable bonds is 4. The number of para-hydroxylation sites is 1. The smallest absolute Gasteiger partial charge is 0.326 e. The second kappa shape index (κ2) is 9.66. The van der Waals surface area contributed by atoms with E-state index in [2.05, 4.69) is 15.2 Å². The van der Waals surface area contributed by atoms with Gasteiger partial charge in [-0.1, -0.05) is 24.3 Å². The van der Waals surface area contributed by atoms with Crippen LogP contribution in [0.3, 0.4) is 0 Å². The van der Waals surface area contributed by atoms with Gasteiger partial charge in [-0.15, -0.1) is 0 Å². The van der Waals surface area contributed by atoms with Crippen molar-refractivity contribution in [1.29, 1.82) is 0 Å². The van der Waals surface area contributed by atoms with Crippen molar-refractivity contribution in [3.63, 3.8) is 0 Å². The van der Waals surface area contributed by atoms with E-state index in [9.17, 15) is 14.7 Å². The third kappa shape index (κ3) is 4.91. The van der Waals surface area contributed by atoms with Gasteiger partial charge in [-0.2, -0.15) is 0 Å². The minimum absolute atomic E-state index is 0.145. The van der Waals surface area contributed by atoms with Crippen LogP contribution < -0.4 is 19.9 Å². The van der Waals surface area contributed by atoms with Gasteiger partial charge >= 0.3 is 12.0 Å². The minimum Gasteiger partial charge on any atom is -0.487 e. The SMILES string of the molecule is CC1CN(C(=O)Nc2ccccc2)c2ccc(-c3ccc(N4CCC(C(=O)O)CC4)nc3)cc2O1. The fraction of sp³-hybridized carbons (Fsp3) is 0.296. The molecule has 1 unspecified atom stereocenters. The molecule has 2 N–H and O–H groups in total. The number of anilines is 3. The molecule has 3 heterocycles. The molecule has 8 heteroatoms. The number of hydrogen-bond donors (Lipinski definition) is 2. The number of carboxylic acids is 1. The monoisotopic (exact) mass is 472 g/mol. The molecule has 35 heavy (non-hydrogen) atoms. The fourth-order valence-electron chi connectivity index (χ4n) is 4.62. The number of carbonyl (C=O) groups is 2. The summed E-state index contributed by atoms with van der Waals surface area (Å²) in [6, 6.07) is 19.0. The maximum Gasteiger partial charge on any atom is 0.326 e. The van der Waals surface area contributed by atoms with Gasteiger partial charge < -0.3 is 20.1 Å². The number of aromatic nitrogens is 1. The van der Waals surface area contributed by atoms with Crippen molar-refractivity contribution < 1.29 is 19.4 Å². The van der Waals surface area contributed by atoms with Gasteiger partial charge in [-0.05, 0) is 61.7 Å². The van der Waals surface area contributed by atoms with Crippen LogP contribution in [0.2, 0.25) is 0 Å². The normalized spacial score (nSPS) is 17.9. The summed E-state index contributed by atoms with van der Waals surface area (Å²) in [5.41, 5.74) is 3.36. The minimum atomic E-state index is -0.715. The molecule has 0 radical (unpaired) electrons. The van der Waals surface area contributed by atoms with Crippen LogP contribution in [0.25, 0.3) is 11.1 Å². The number of piperidine rings is 1. The van der Waals surface area contributed by atoms with Crippen molar-refractivity contribution in [2.45, 2.75) is 25.9 Å². The summed E-state index contributed by atoms with van der Waals surface area (Å²) < 4.78 is 6.07. The highest BCUT2D eigenvalue weighted by Gasteiger charge is 2.28. The molecule has 2 amide bonds. The van der Waals surface area contributed by atoms with Crippen LogP contribution in [0.1, 0.15) is 19.8 Å². The van der Waals surface area contributed by atoms with E-state index in [4.69, 9.17) is 4.74 Å². The van der Waals surface area contributed by atoms with Crippen molar-refractivity contribution in [3.05, 3.63) is 66.9 Å². The van der Waals surface area contributed by atoms with Crippen LogP contribution in [-0.2, 0) is 4.79 Å². The number of nitrogens with zero attached hydrogens (tertiary/aromatic N) is 3. The average molecular weight is 473 g/mol. The van der Waals surface area contributed by atoms with Gasteiger partial charge in [-0.25, -0.2) is 9.78 Å². The van der Waals surface area contributed by atoms with E-state index in [1.807, 2.05) is 73.8 Å². The second-order valence-corrected chi connectivity index (χ2v) is 9.02. The second-order valence-electron chi connectivity index (χ2n) is 9.02. The van der Waals surface area contributed by atoms with E-state index in [0.717, 1.165) is 28.3 Å². The molecule has 2 aromatic carbocycles. The standard InChI is InChI=1S/C27H28N4O4/c1-18-17-31(27(34)29-22-5-3-2-4-6-22)23-9-7-20(15-24(23)35-18)21-8-10-25(28-16-21)30-13-11-19(12-14-30)26(32)33/h2-10,15-16,18-19H,11-14,17H2,1H3,(H,29,34)(H,32,33). The van der Waals surface area contributed by atoms with E-state index >= 15 is 0 Å². The molecule has 0 spiro atoms. The molecule has 1 aromatic heterocycles. The first-order valence-corrected chi connectivity index (χ1v) is 11.9. The summed E-state index contributed by atoms with van der Waals surface area (Å²) >= 11 is 0. The zero-order valence-electron chi connectivity index (χ0n) is 19.6. The lowest BCUT2D eigenvalue weighted by atomic mass is 9.97. The number of nitrogens with one attached hydrogen (secondary N) is 1. The third-order valence-electron chi connectivity index (χ3n) is 6.54. The van der Waals surface area contributed by atoms with Crippen LogP contribution in [0, 0.1) is 5.92 Å². The summed E-state index contributed by atoms with van der Waals surface area (Å²) in [6.07, 6.45) is 2.95. The molecule has 8 nitrogen and oxygen atoms in total. The van der Waals surface area contributed by atoms with Crippen molar-refractivity contribution in [3.8, 4) is 16.9 Å². The van der Waals surface area contributed by atoms with Gasteiger partial charge in [0.25, 0.3) is 0 Å². The molecule has 2 aliphatic rings. The summed E-state index contributed by atoms with van der Waals surface area (Å²) in [7, 11) is 0. The maximum atomic E-state index is 13.0. The summed E-state index contributed by atoms with van der Waals surface area (Å²) in [5.74, 6) is 0.527. The molecule has 0 bridgehead atoms. The van der Waals surface area contributed by atoms with Crippen LogP contribution in [0.4, 0.5) is 22.0 Å². The Hall–Kier alpha value is -4.07. The summed E-state index contributed by atoms with van der Waals surface area (Å²) in [6.45, 7) is 3.78. The molecule has 3 aromatic rings. The van der Waals surface area contributed by atoms with Gasteiger partial charge in [0.05, 0.1) is 18.2 Å². The van der Waals surface area contributed by atoms with Gasteiger partial charge in [0.15, 0.2) is 0 Å². The van der Waals surface area contributed by atoms with E-state index in [0.29, 0.717) is 38.2 Å². The Morgan fingerprint density at radius 3 is 2.46 bits per heavy atom. The highest BCUT2D eigenvalue weighted by molar-refractivity contribution is 6.03. The Labute approximate surface area is 204 Å². The Morgan fingerprint density at radius 2 is 1.77 bits per heavy atom. The predicted molar refractivity (Wildman–Crippen MR) is 135 cm³/mol. The number of ether oxygens (including phenoxy) is 1. The number of urea groups is 1. The molecule has 2 aliphatic heterocycles. The van der Waals surface area contributed by atoms with E-state index in [1.165, 1.54) is 0 Å². The summed E-state index contributed by atoms with van der Waals surface area (Å²) in [4.78, 5) is 32.6. The molecule has 5 rings (SSSR count). The third-order valence-corrected chi connectivity index (χ3v) is 6.54. The lowest BCUT2D eigenvalue weighted by molar-refractivity contribution is -0.142. The van der Waals surface area contributed by atoms with Gasteiger partial charge in [0, 0.05) is 30.5 Å². The number of hydrogen-bond acceptors (Lipinski definition) is 5. The molecule has 1 atom stereocenters. The number of benzene rings is 2. The first-order chi connectivity index (χ1) is 17.0. The number of carbonyl (C=O) groups excluding carboxylic acids is 1. The number of amides is 2. The van der Waals surface area contributed by atoms with Crippen LogP contribution in [0.5, 0.6) is 5.75 Å². The quantitative estimate of drug-likeness (QED) is 0.563. The first-order valence-electron chi connectivity index (χ1n) is 11.9. The van der Waals surface area contributed by atoms with E-state index < -0.39 is 5.97 Å². The van der Waals surface area contributed by atoms with E-state index in [-0.39, 0.29) is 18.1 Å². The van der Waals surface area contributed by atoms with Crippen molar-refractivity contribution in [2.75, 3.05) is 34.8 Å². The van der Waals surface area contributed by atoms with Gasteiger partial charge in [0.2, 0.25) is 0 Å². The Bertz CT molecular complexity index is 1210. The average Bonchev–Trinajstić information content (AvgIpc) is 2.88. The zero-order valence-corrected chi connectivity index (χ0v) is 19.6. The lowest BCUT2D eigenvalue weighted by Gasteiger charge is -2.33. The Kier molecular flexibility index (Phi) is 6.27. The molecule has 1 saturated heterocycles. The van der Waals surface area contributed by atoms with Crippen LogP contribution >= 0.6 is 0 Å². The number of aliphatic carboxylic acids is 1. The predicted octanol–water partition coefficient (Wildman–Crippen LogP) is 4.87. The molecular weight excluding hydrogens is 444 g/mol. The number of carboxylic acid groups (broad SMARTS) is 1. The summed E-state index contributed by atoms with van der Waals surface area (Å²) in [5, 5.41) is 12.2. The molecule has 0 aliphatic carbocycles. The Morgan fingerprint density at radius 1 is 1.03 bits per heavy atom. The van der Waals surface area contributed by atoms with Gasteiger partial charge in [0.1, 0.15) is 17.7 Å². The topological polar surface area (TPSA) is 95.0 Å². The Balaban J connectivity index is 1.32. The first kappa shape index (κ1) is 22.7. The maximum absolute atomic E-state index is 13.0. The molecule has 0 saturated carbocycles. The van der Waals surface area contributed by atoms with Gasteiger partial charge in [-0.3, -0.25) is 9.69 Å². The lowest BCUT2D eigenvalue weighted by Crippen LogP contribution is -2.44. The molecular formula is C27H28N4O4. The molecule has 1 fully saturated rings. The number of fused-ring (bicyclic) bond motifs is 1. The van der Waals surface area contributed by atoms with Crippen LogP contribution in [0.15, 0.2) is 66.9 Å². The zero-order chi connectivity index (χ0) is 24.4. The highest BCUT2D eigenvalue weighted by Crippen LogP contribution is 2.37. The molecule has 180 valence electrons. The van der Waals surface area contributed by atoms with E-state index in [1.54, 1.807) is 4.90 Å². The fourth-order valence-corrected chi connectivity index (χ4v) is 4.62. The largest absolute Gasteiger partial charge is 0.487 e. The van der Waals surface area contributed by atoms with Crippen molar-refractivity contribution in [1.82, 2.24) is 4.98 Å². The van der Waals surface area contributed by atoms with Crippen molar-refractivity contribution in [2.24, 2.45) is 5.92 Å². The number of pyridine rings is 1. The van der Waals surface area contributed by atoms with Crippen LogP contribution in [-0.4, -0.2) is 47.8 Å².